The Balaban J connectivity index is 1.11. The van der Waals surface area contributed by atoms with E-state index in [1.165, 1.54) is 109 Å². The van der Waals surface area contributed by atoms with Gasteiger partial charge < -0.3 is 9.13 Å². The van der Waals surface area contributed by atoms with Crippen molar-refractivity contribution in [2.45, 2.75) is 25.7 Å². The van der Waals surface area contributed by atoms with Crippen LogP contribution in [-0.4, -0.2) is 9.13 Å². The molecule has 0 spiro atoms. The predicted octanol–water partition coefficient (Wildman–Crippen LogP) is 12.0. The van der Waals surface area contributed by atoms with Crippen LogP contribution in [0, 0.1) is 0 Å². The van der Waals surface area contributed by atoms with Crippen LogP contribution < -0.4 is 10.4 Å². The van der Waals surface area contributed by atoms with Crippen molar-refractivity contribution in [1.82, 2.24) is 9.13 Å². The minimum absolute atomic E-state index is 0.184. The SMILES string of the molecule is CC1(C)c2cc3c(cc2-c2cc4c5ccccc5n(-c5ccccc5)c4cc21)c1ccccc1n3C1=CC=c2c(c3ccccc3c3ccccc23)=CC1. The van der Waals surface area contributed by atoms with E-state index < -0.39 is 0 Å². The molecule has 0 unspecified atom stereocenters. The minimum Gasteiger partial charge on any atom is -0.313 e. The van der Waals surface area contributed by atoms with E-state index in [9.17, 15) is 0 Å². The second-order valence-electron chi connectivity index (χ2n) is 15.6. The van der Waals surface area contributed by atoms with Gasteiger partial charge in [0.15, 0.2) is 0 Å². The number of nitrogens with zero attached hydrogens (tertiary/aromatic N) is 2. The van der Waals surface area contributed by atoms with Gasteiger partial charge in [-0.1, -0.05) is 129 Å². The number of fused-ring (bicyclic) bond motifs is 15. The highest BCUT2D eigenvalue weighted by Gasteiger charge is 2.37. The molecular formula is C52H36N2. The second-order valence-corrected chi connectivity index (χ2v) is 15.6. The van der Waals surface area contributed by atoms with Gasteiger partial charge in [0.1, 0.15) is 0 Å². The van der Waals surface area contributed by atoms with Crippen LogP contribution in [0.25, 0.3) is 99.8 Å². The summed E-state index contributed by atoms with van der Waals surface area (Å²) in [5.74, 6) is 0. The van der Waals surface area contributed by atoms with Gasteiger partial charge in [-0.15, -0.1) is 0 Å². The van der Waals surface area contributed by atoms with Crippen LogP contribution in [0.1, 0.15) is 31.4 Å². The van der Waals surface area contributed by atoms with Gasteiger partial charge in [-0.25, -0.2) is 0 Å². The maximum absolute atomic E-state index is 2.54. The average molecular weight is 689 g/mol. The molecule has 8 aromatic carbocycles. The topological polar surface area (TPSA) is 9.86 Å². The molecule has 0 N–H and O–H groups in total. The molecule has 0 fully saturated rings. The van der Waals surface area contributed by atoms with Crippen molar-refractivity contribution in [2.24, 2.45) is 0 Å². The molecule has 2 aliphatic carbocycles. The molecule has 2 aromatic heterocycles. The van der Waals surface area contributed by atoms with E-state index in [1.54, 1.807) is 0 Å². The van der Waals surface area contributed by atoms with Crippen LogP contribution in [0.15, 0.2) is 158 Å². The van der Waals surface area contributed by atoms with Gasteiger partial charge in [0.05, 0.1) is 22.1 Å². The Morgan fingerprint density at radius 3 is 1.50 bits per heavy atom. The average Bonchev–Trinajstić information content (AvgIpc) is 3.71. The molecule has 12 rings (SSSR count). The van der Waals surface area contributed by atoms with Gasteiger partial charge in [0.2, 0.25) is 0 Å². The fourth-order valence-electron chi connectivity index (χ4n) is 10.0. The number of para-hydroxylation sites is 3. The molecule has 10 aromatic rings. The first-order valence-electron chi connectivity index (χ1n) is 19.1. The van der Waals surface area contributed by atoms with Gasteiger partial charge in [-0.3, -0.25) is 0 Å². The van der Waals surface area contributed by atoms with Crippen molar-refractivity contribution in [3.8, 4) is 16.8 Å². The molecule has 2 nitrogen and oxygen atoms in total. The van der Waals surface area contributed by atoms with Crippen molar-refractivity contribution in [1.29, 1.82) is 0 Å². The van der Waals surface area contributed by atoms with E-state index in [2.05, 4.69) is 193 Å². The summed E-state index contributed by atoms with van der Waals surface area (Å²) in [6, 6.07) is 56.4. The highest BCUT2D eigenvalue weighted by Crippen LogP contribution is 2.53. The summed E-state index contributed by atoms with van der Waals surface area (Å²) < 4.78 is 4.98. The zero-order valence-corrected chi connectivity index (χ0v) is 30.3. The second kappa shape index (κ2) is 10.7. The molecule has 2 heterocycles. The van der Waals surface area contributed by atoms with Crippen LogP contribution >= 0.6 is 0 Å². The number of allylic oxidation sites excluding steroid dienone is 2. The van der Waals surface area contributed by atoms with E-state index in [-0.39, 0.29) is 5.41 Å². The molecule has 2 heteroatoms. The van der Waals surface area contributed by atoms with Crippen molar-refractivity contribution >= 4 is 83.0 Å². The van der Waals surface area contributed by atoms with Gasteiger partial charge >= 0.3 is 0 Å². The molecule has 254 valence electrons. The Bertz CT molecular complexity index is 3420. The minimum atomic E-state index is -0.184. The standard InChI is InChI=1S/C52H36N2/c1-52(2)46-30-50-44(40-20-10-12-22-48(40)53(50)32-14-4-3-5-15-32)28-42(46)43-29-45-41-21-11-13-23-49(41)54(51(45)31-47(43)52)33-24-26-38-36-18-8-6-16-34(36)35-17-7-9-19-37(35)39(38)27-25-33/h3-24,26-31H,25H2,1-2H3. The summed E-state index contributed by atoms with van der Waals surface area (Å²) in [6.07, 6.45) is 8.05. The van der Waals surface area contributed by atoms with Gasteiger partial charge in [0, 0.05) is 44.8 Å². The van der Waals surface area contributed by atoms with Crippen LogP contribution in [0.5, 0.6) is 0 Å². The van der Waals surface area contributed by atoms with E-state index in [1.807, 2.05) is 0 Å². The Morgan fingerprint density at radius 2 is 0.889 bits per heavy atom. The molecule has 0 bridgehead atoms. The highest BCUT2D eigenvalue weighted by atomic mass is 15.0. The van der Waals surface area contributed by atoms with Crippen molar-refractivity contribution in [2.75, 3.05) is 0 Å². The highest BCUT2D eigenvalue weighted by molar-refractivity contribution is 6.15. The third kappa shape index (κ3) is 3.90. The normalized spacial score (nSPS) is 14.6. The first-order chi connectivity index (χ1) is 26.6. The molecule has 0 amide bonds. The Morgan fingerprint density at radius 1 is 0.407 bits per heavy atom. The van der Waals surface area contributed by atoms with Crippen molar-refractivity contribution < 1.29 is 0 Å². The first kappa shape index (κ1) is 29.9. The van der Waals surface area contributed by atoms with Crippen LogP contribution in [0.4, 0.5) is 0 Å². The molecule has 0 radical (unpaired) electrons. The number of benzene rings is 8. The van der Waals surface area contributed by atoms with Gasteiger partial charge in [-0.05, 0) is 109 Å². The molecule has 0 saturated carbocycles. The fraction of sp³-hybridized carbons (Fsp3) is 0.0769. The van der Waals surface area contributed by atoms with E-state index in [0.29, 0.717) is 0 Å². The molecular weight excluding hydrogens is 653 g/mol. The number of hydrogen-bond acceptors (Lipinski definition) is 0. The summed E-state index contributed by atoms with van der Waals surface area (Å²) in [5.41, 5.74) is 12.8. The monoisotopic (exact) mass is 688 g/mol. The zero-order valence-electron chi connectivity index (χ0n) is 30.3. The molecule has 0 aliphatic heterocycles. The van der Waals surface area contributed by atoms with Gasteiger partial charge in [-0.2, -0.15) is 0 Å². The fourth-order valence-corrected chi connectivity index (χ4v) is 10.0. The molecule has 0 saturated heterocycles. The molecule has 0 atom stereocenters. The number of aromatic nitrogens is 2. The lowest BCUT2D eigenvalue weighted by Gasteiger charge is -2.22. The molecule has 2 aliphatic rings. The quantitative estimate of drug-likeness (QED) is 0.160. The Hall–Kier alpha value is -6.64. The maximum atomic E-state index is 2.54. The lowest BCUT2D eigenvalue weighted by atomic mass is 9.82. The van der Waals surface area contributed by atoms with Crippen LogP contribution in [0.2, 0.25) is 0 Å². The van der Waals surface area contributed by atoms with Crippen molar-refractivity contribution in [3.63, 3.8) is 0 Å². The smallest absolute Gasteiger partial charge is 0.0544 e. The van der Waals surface area contributed by atoms with Crippen LogP contribution in [0.3, 0.4) is 0 Å². The van der Waals surface area contributed by atoms with Gasteiger partial charge in [0.25, 0.3) is 0 Å². The maximum Gasteiger partial charge on any atom is 0.0544 e. The number of rotatable bonds is 2. The molecule has 54 heavy (non-hydrogen) atoms. The van der Waals surface area contributed by atoms with E-state index in [4.69, 9.17) is 0 Å². The van der Waals surface area contributed by atoms with Crippen molar-refractivity contribution in [3.05, 3.63) is 179 Å². The Kier molecular flexibility index (Phi) is 5.93. The lowest BCUT2D eigenvalue weighted by molar-refractivity contribution is 0.661. The zero-order chi connectivity index (χ0) is 35.7. The number of hydrogen-bond donors (Lipinski definition) is 0. The third-order valence-corrected chi connectivity index (χ3v) is 12.5. The van der Waals surface area contributed by atoms with E-state index in [0.717, 1.165) is 6.42 Å². The summed E-state index contributed by atoms with van der Waals surface area (Å²) >= 11 is 0. The lowest BCUT2D eigenvalue weighted by Crippen LogP contribution is -2.25. The summed E-state index contributed by atoms with van der Waals surface area (Å²) in [5, 5.41) is 13.1. The van der Waals surface area contributed by atoms with E-state index >= 15 is 0 Å². The predicted molar refractivity (Wildman–Crippen MR) is 230 cm³/mol. The first-order valence-corrected chi connectivity index (χ1v) is 19.1. The van der Waals surface area contributed by atoms with Crippen LogP contribution in [-0.2, 0) is 5.41 Å². The Labute approximate surface area is 312 Å². The summed E-state index contributed by atoms with van der Waals surface area (Å²) in [4.78, 5) is 0. The summed E-state index contributed by atoms with van der Waals surface area (Å²) in [7, 11) is 0. The summed E-state index contributed by atoms with van der Waals surface area (Å²) in [6.45, 7) is 4.83. The third-order valence-electron chi connectivity index (χ3n) is 12.5. The largest absolute Gasteiger partial charge is 0.313 e.